The van der Waals surface area contributed by atoms with E-state index in [1.807, 2.05) is 42.7 Å². The summed E-state index contributed by atoms with van der Waals surface area (Å²) in [5.41, 5.74) is 5.91. The number of amides is 1. The van der Waals surface area contributed by atoms with E-state index in [9.17, 15) is 4.79 Å². The summed E-state index contributed by atoms with van der Waals surface area (Å²) in [7, 11) is 0. The summed E-state index contributed by atoms with van der Waals surface area (Å²) in [4.78, 5) is 17.2. The lowest BCUT2D eigenvalue weighted by atomic mass is 9.89. The van der Waals surface area contributed by atoms with Gasteiger partial charge in [-0.1, -0.05) is 24.3 Å². The number of H-pyrrole nitrogens is 1. The molecule has 0 spiro atoms. The molecule has 2 N–H and O–H groups in total. The van der Waals surface area contributed by atoms with Crippen LogP contribution < -0.4 is 5.32 Å². The molecule has 0 saturated carbocycles. The van der Waals surface area contributed by atoms with E-state index in [2.05, 4.69) is 42.4 Å². The van der Waals surface area contributed by atoms with Gasteiger partial charge in [-0.25, -0.2) is 4.98 Å². The summed E-state index contributed by atoms with van der Waals surface area (Å²) in [6, 6.07) is 16.1. The van der Waals surface area contributed by atoms with Gasteiger partial charge in [0.15, 0.2) is 0 Å². The van der Waals surface area contributed by atoms with Crippen LogP contribution in [0.15, 0.2) is 54.9 Å². The van der Waals surface area contributed by atoms with Gasteiger partial charge in [0.25, 0.3) is 0 Å². The molecule has 1 amide bonds. The van der Waals surface area contributed by atoms with Crippen LogP contribution in [0, 0.1) is 5.92 Å². The average Bonchev–Trinajstić information content (AvgIpc) is 3.35. The van der Waals surface area contributed by atoms with Crippen LogP contribution in [0.2, 0.25) is 0 Å². The smallest absolute Gasteiger partial charge is 0.227 e. The minimum atomic E-state index is -0.0705. The predicted molar refractivity (Wildman–Crippen MR) is 106 cm³/mol. The second-order valence-corrected chi connectivity index (χ2v) is 7.21. The molecule has 1 aliphatic carbocycles. The lowest BCUT2D eigenvalue weighted by molar-refractivity contribution is -0.120. The number of aromatic nitrogens is 5. The monoisotopic (exact) mass is 372 g/mol. The van der Waals surface area contributed by atoms with Gasteiger partial charge in [0.1, 0.15) is 0 Å². The van der Waals surface area contributed by atoms with Gasteiger partial charge in [0.2, 0.25) is 5.91 Å². The number of imidazole rings is 1. The normalized spacial score (nSPS) is 16.1. The molecule has 140 valence electrons. The third-order valence-corrected chi connectivity index (χ3v) is 5.32. The molecule has 28 heavy (non-hydrogen) atoms. The van der Waals surface area contributed by atoms with Gasteiger partial charge >= 0.3 is 0 Å². The molecule has 0 fully saturated rings. The highest BCUT2D eigenvalue weighted by molar-refractivity contribution is 5.93. The largest absolute Gasteiger partial charge is 0.326 e. The van der Waals surface area contributed by atoms with E-state index in [1.165, 1.54) is 0 Å². The Bertz CT molecular complexity index is 1140. The summed E-state index contributed by atoms with van der Waals surface area (Å²) >= 11 is 0. The molecule has 4 aromatic rings. The topological polar surface area (TPSA) is 88.5 Å². The lowest BCUT2D eigenvalue weighted by Gasteiger charge is -2.19. The van der Waals surface area contributed by atoms with Crippen molar-refractivity contribution in [3.05, 3.63) is 71.8 Å². The fraction of sp³-hybridized carbons (Fsp3) is 0.238. The number of aromatic amines is 1. The first kappa shape index (κ1) is 16.7. The van der Waals surface area contributed by atoms with Crippen molar-refractivity contribution in [3.8, 4) is 0 Å². The maximum absolute atomic E-state index is 12.7. The summed E-state index contributed by atoms with van der Waals surface area (Å²) in [6.45, 7) is 0.704. The number of carbonyl (C=O) groups is 1. The van der Waals surface area contributed by atoms with Gasteiger partial charge in [-0.15, -0.1) is 0 Å². The van der Waals surface area contributed by atoms with Gasteiger partial charge in [0, 0.05) is 24.6 Å². The fourth-order valence-electron chi connectivity index (χ4n) is 3.83. The maximum atomic E-state index is 12.7. The SMILES string of the molecule is O=C(Nc1cccc(Cn2cnc3ccccc32)c1)[C@@H]1CCc2n[nH]nc2C1. The quantitative estimate of drug-likeness (QED) is 0.576. The number of rotatable bonds is 4. The number of para-hydroxylation sites is 2. The van der Waals surface area contributed by atoms with Gasteiger partial charge in [-0.2, -0.15) is 15.4 Å². The number of fused-ring (bicyclic) bond motifs is 2. The van der Waals surface area contributed by atoms with E-state index >= 15 is 0 Å². The van der Waals surface area contributed by atoms with Gasteiger partial charge in [-0.3, -0.25) is 4.79 Å². The van der Waals surface area contributed by atoms with Crippen molar-refractivity contribution in [2.24, 2.45) is 5.92 Å². The standard InChI is InChI=1S/C21H20N6O/c28-21(15-8-9-17-19(11-15)25-26-24-17)23-16-5-3-4-14(10-16)12-27-13-22-18-6-1-2-7-20(18)27/h1-7,10,13,15H,8-9,11-12H2,(H,23,28)(H,24,25,26)/t15-/m1/s1. The molecule has 5 rings (SSSR count). The van der Waals surface area contributed by atoms with Crippen molar-refractivity contribution in [1.29, 1.82) is 0 Å². The first-order valence-electron chi connectivity index (χ1n) is 9.44. The highest BCUT2D eigenvalue weighted by Crippen LogP contribution is 2.24. The Morgan fingerprint density at radius 3 is 3.00 bits per heavy atom. The number of benzene rings is 2. The lowest BCUT2D eigenvalue weighted by Crippen LogP contribution is -2.28. The third-order valence-electron chi connectivity index (χ3n) is 5.32. The number of nitrogens with one attached hydrogen (secondary N) is 2. The van der Waals surface area contributed by atoms with Crippen molar-refractivity contribution in [2.75, 3.05) is 5.32 Å². The van der Waals surface area contributed by atoms with Crippen molar-refractivity contribution < 1.29 is 4.79 Å². The molecule has 2 aromatic carbocycles. The third kappa shape index (κ3) is 3.15. The zero-order chi connectivity index (χ0) is 18.9. The second-order valence-electron chi connectivity index (χ2n) is 7.21. The minimum Gasteiger partial charge on any atom is -0.326 e. The Morgan fingerprint density at radius 1 is 1.14 bits per heavy atom. The Morgan fingerprint density at radius 2 is 2.04 bits per heavy atom. The second kappa shape index (κ2) is 6.92. The first-order valence-corrected chi connectivity index (χ1v) is 9.44. The number of anilines is 1. The molecule has 0 saturated heterocycles. The molecule has 0 bridgehead atoms. The van der Waals surface area contributed by atoms with Crippen LogP contribution in [0.3, 0.4) is 0 Å². The van der Waals surface area contributed by atoms with Crippen LogP contribution in [-0.2, 0) is 24.2 Å². The van der Waals surface area contributed by atoms with E-state index in [0.717, 1.165) is 46.5 Å². The zero-order valence-corrected chi connectivity index (χ0v) is 15.3. The highest BCUT2D eigenvalue weighted by Gasteiger charge is 2.27. The Hall–Kier alpha value is -3.48. The summed E-state index contributed by atoms with van der Waals surface area (Å²) in [5, 5.41) is 14.0. The van der Waals surface area contributed by atoms with Gasteiger partial charge in [-0.05, 0) is 42.7 Å². The van der Waals surface area contributed by atoms with Gasteiger partial charge in [0.05, 0.1) is 28.7 Å². The highest BCUT2D eigenvalue weighted by atomic mass is 16.1. The van der Waals surface area contributed by atoms with Crippen LogP contribution >= 0.6 is 0 Å². The molecule has 2 aromatic heterocycles. The predicted octanol–water partition coefficient (Wildman–Crippen LogP) is 2.95. The molecular formula is C21H20N6O. The van der Waals surface area contributed by atoms with Crippen LogP contribution in [0.1, 0.15) is 23.4 Å². The van der Waals surface area contributed by atoms with Crippen molar-refractivity contribution in [3.63, 3.8) is 0 Å². The van der Waals surface area contributed by atoms with Crippen molar-refractivity contribution >= 4 is 22.6 Å². The Kier molecular flexibility index (Phi) is 4.12. The van der Waals surface area contributed by atoms with Crippen LogP contribution in [-0.4, -0.2) is 30.9 Å². The number of hydrogen-bond acceptors (Lipinski definition) is 4. The molecule has 7 nitrogen and oxygen atoms in total. The molecule has 1 atom stereocenters. The first-order chi connectivity index (χ1) is 13.8. The molecule has 2 heterocycles. The van der Waals surface area contributed by atoms with E-state index in [-0.39, 0.29) is 11.8 Å². The number of hydrogen-bond donors (Lipinski definition) is 2. The van der Waals surface area contributed by atoms with Crippen molar-refractivity contribution in [2.45, 2.75) is 25.8 Å². The molecule has 0 aliphatic heterocycles. The molecule has 0 radical (unpaired) electrons. The molecular weight excluding hydrogens is 352 g/mol. The average molecular weight is 372 g/mol. The molecule has 1 aliphatic rings. The van der Waals surface area contributed by atoms with Crippen LogP contribution in [0.25, 0.3) is 11.0 Å². The van der Waals surface area contributed by atoms with E-state index in [1.54, 1.807) is 0 Å². The maximum Gasteiger partial charge on any atom is 0.227 e. The fourth-order valence-corrected chi connectivity index (χ4v) is 3.83. The number of carbonyl (C=O) groups excluding carboxylic acids is 1. The minimum absolute atomic E-state index is 0.0406. The molecule has 7 heteroatoms. The summed E-state index contributed by atoms with van der Waals surface area (Å²) < 4.78 is 2.11. The van der Waals surface area contributed by atoms with Crippen LogP contribution in [0.4, 0.5) is 5.69 Å². The number of nitrogens with zero attached hydrogens (tertiary/aromatic N) is 4. The number of aryl methyl sites for hydroxylation is 1. The summed E-state index contributed by atoms with van der Waals surface area (Å²) in [5.74, 6) is -0.0299. The van der Waals surface area contributed by atoms with Crippen molar-refractivity contribution in [1.82, 2.24) is 25.0 Å². The summed E-state index contributed by atoms with van der Waals surface area (Å²) in [6.07, 6.45) is 4.08. The van der Waals surface area contributed by atoms with Crippen LogP contribution in [0.5, 0.6) is 0 Å². The van der Waals surface area contributed by atoms with E-state index in [4.69, 9.17) is 0 Å². The van der Waals surface area contributed by atoms with Gasteiger partial charge < -0.3 is 9.88 Å². The van der Waals surface area contributed by atoms with E-state index in [0.29, 0.717) is 13.0 Å². The Labute approximate surface area is 161 Å². The van der Waals surface area contributed by atoms with E-state index < -0.39 is 0 Å². The zero-order valence-electron chi connectivity index (χ0n) is 15.3. The molecule has 0 unspecified atom stereocenters. The Balaban J connectivity index is 1.30.